The number of rotatable bonds is 24. The smallest absolute Gasteiger partial charge is 0.213 e. The van der Waals surface area contributed by atoms with Crippen LogP contribution in [-0.4, -0.2) is 119 Å². The second kappa shape index (κ2) is 22.6. The zero-order valence-corrected chi connectivity index (χ0v) is 32.4. The quantitative estimate of drug-likeness (QED) is 0.0475. The van der Waals surface area contributed by atoms with Gasteiger partial charge in [0.1, 0.15) is 18.3 Å². The van der Waals surface area contributed by atoms with Crippen LogP contribution >= 0.6 is 11.6 Å². The molecule has 5 rings (SSSR count). The Bertz CT molecular complexity index is 1810. The molecule has 4 aromatic rings. The molecular weight excluding hydrogens is 733 g/mol. The van der Waals surface area contributed by atoms with Gasteiger partial charge in [-0.25, -0.2) is 18.9 Å². The molecule has 0 amide bonds. The topological polar surface area (TPSA) is 171 Å². The maximum absolute atomic E-state index is 14.0. The number of halogens is 2. The van der Waals surface area contributed by atoms with E-state index in [0.29, 0.717) is 95.7 Å². The third-order valence-electron chi connectivity index (χ3n) is 8.98. The Hall–Kier alpha value is -3.93. The van der Waals surface area contributed by atoms with Gasteiger partial charge in [0.2, 0.25) is 5.88 Å². The Kier molecular flexibility index (Phi) is 17.3. The number of aryl methyl sites for hydroxylation is 1. The molecule has 16 heteroatoms. The van der Waals surface area contributed by atoms with Crippen molar-refractivity contribution in [1.29, 1.82) is 0 Å². The van der Waals surface area contributed by atoms with E-state index in [-0.39, 0.29) is 23.6 Å². The van der Waals surface area contributed by atoms with Crippen molar-refractivity contribution in [2.45, 2.75) is 44.7 Å². The molecule has 1 fully saturated rings. The highest BCUT2D eigenvalue weighted by Gasteiger charge is 2.23. The lowest BCUT2D eigenvalue weighted by Gasteiger charge is -2.28. The predicted octanol–water partition coefficient (Wildman–Crippen LogP) is 5.32. The summed E-state index contributed by atoms with van der Waals surface area (Å²) in [6.45, 7) is 7.84. The summed E-state index contributed by atoms with van der Waals surface area (Å²) >= 11 is 6.31. The van der Waals surface area contributed by atoms with Crippen molar-refractivity contribution < 1.29 is 37.5 Å². The highest BCUT2D eigenvalue weighted by Crippen LogP contribution is 2.34. The van der Waals surface area contributed by atoms with E-state index in [0.717, 1.165) is 53.6 Å². The van der Waals surface area contributed by atoms with Gasteiger partial charge in [0, 0.05) is 54.8 Å². The molecule has 0 atom stereocenters. The first kappa shape index (κ1) is 42.2. The van der Waals surface area contributed by atoms with Crippen molar-refractivity contribution in [3.8, 4) is 17.0 Å². The Balaban J connectivity index is 1.10. The lowest BCUT2D eigenvalue weighted by atomic mass is 9.91. The molecule has 14 nitrogen and oxygen atoms in total. The van der Waals surface area contributed by atoms with Crippen molar-refractivity contribution in [3.05, 3.63) is 70.9 Å². The Morgan fingerprint density at radius 1 is 0.873 bits per heavy atom. The van der Waals surface area contributed by atoms with Crippen molar-refractivity contribution in [2.24, 2.45) is 16.5 Å². The third kappa shape index (κ3) is 13.4. The van der Waals surface area contributed by atoms with Crippen LogP contribution in [0.2, 0.25) is 5.02 Å². The van der Waals surface area contributed by atoms with Gasteiger partial charge in [0.05, 0.1) is 106 Å². The summed E-state index contributed by atoms with van der Waals surface area (Å²) in [5.74, 6) is 0.208. The predicted molar refractivity (Wildman–Crippen MR) is 210 cm³/mol. The lowest BCUT2D eigenvalue weighted by Crippen LogP contribution is -2.33. The maximum atomic E-state index is 14.0. The molecule has 0 unspecified atom stereocenters. The van der Waals surface area contributed by atoms with Gasteiger partial charge in [-0.1, -0.05) is 11.6 Å². The number of amidine groups is 1. The van der Waals surface area contributed by atoms with E-state index in [1.165, 1.54) is 18.2 Å². The van der Waals surface area contributed by atoms with Gasteiger partial charge in [-0.15, -0.1) is 0 Å². The van der Waals surface area contributed by atoms with Crippen LogP contribution in [0.4, 0.5) is 15.8 Å². The molecule has 3 heterocycles. The number of aliphatic imine (C=N–C) groups is 1. The van der Waals surface area contributed by atoms with E-state index in [9.17, 15) is 4.39 Å². The molecule has 3 aromatic heterocycles. The number of benzene rings is 1. The van der Waals surface area contributed by atoms with Crippen molar-refractivity contribution >= 4 is 34.3 Å². The number of fused-ring (bicyclic) bond motifs is 1. The average Bonchev–Trinajstić information content (AvgIpc) is 3.61. The normalized spacial score (nSPS) is 16.2. The maximum Gasteiger partial charge on any atom is 0.213 e. The van der Waals surface area contributed by atoms with Crippen molar-refractivity contribution in [2.75, 3.05) is 91.7 Å². The van der Waals surface area contributed by atoms with E-state index in [1.54, 1.807) is 24.0 Å². The zero-order valence-electron chi connectivity index (χ0n) is 31.6. The van der Waals surface area contributed by atoms with Crippen LogP contribution in [0.3, 0.4) is 0 Å². The fourth-order valence-electron chi connectivity index (χ4n) is 6.02. The van der Waals surface area contributed by atoms with Crippen LogP contribution in [0.1, 0.15) is 36.8 Å². The number of ether oxygens (including phenoxy) is 7. The molecule has 1 aliphatic carbocycles. The number of aromatic nitrogens is 3. The van der Waals surface area contributed by atoms with Gasteiger partial charge >= 0.3 is 0 Å². The standard InChI is InChI=1S/C39H53ClFN7O7/c1-27-21-37(55-20-19-54-18-17-53-16-15-52-14-13-51-12-11-50-10-9-49-2)44-24-32(27)28-22-36-38(46-31-6-4-30(42)5-7-31)33(25-45-48(36)26-28)39(43)47-35-23-29(41)3-8-34(35)40/h3,8,21-26,30-31,46H,4-7,9-20,42H2,1-2H3,(H2,43,47)/t30-,31-. The summed E-state index contributed by atoms with van der Waals surface area (Å²) in [5.41, 5.74) is 18.0. The number of nitrogens with two attached hydrogens (primary N) is 2. The molecule has 300 valence electrons. The molecule has 0 bridgehead atoms. The number of nitrogens with zero attached hydrogens (tertiary/aromatic N) is 4. The molecule has 1 aliphatic rings. The Morgan fingerprint density at radius 3 is 2.11 bits per heavy atom. The molecule has 0 spiro atoms. The summed E-state index contributed by atoms with van der Waals surface area (Å²) in [4.78, 5) is 9.04. The van der Waals surface area contributed by atoms with Gasteiger partial charge in [-0.2, -0.15) is 5.10 Å². The number of pyridine rings is 1. The van der Waals surface area contributed by atoms with Crippen LogP contribution < -0.4 is 21.5 Å². The molecule has 0 radical (unpaired) electrons. The van der Waals surface area contributed by atoms with Gasteiger partial charge in [0.15, 0.2) is 0 Å². The second-order valence-electron chi connectivity index (χ2n) is 13.1. The minimum atomic E-state index is -0.458. The minimum Gasteiger partial charge on any atom is -0.475 e. The first-order valence-electron chi connectivity index (χ1n) is 18.6. The summed E-state index contributed by atoms with van der Waals surface area (Å²) in [7, 11) is 1.64. The third-order valence-corrected chi connectivity index (χ3v) is 9.30. The summed E-state index contributed by atoms with van der Waals surface area (Å²) < 4.78 is 54.1. The molecule has 55 heavy (non-hydrogen) atoms. The van der Waals surface area contributed by atoms with Gasteiger partial charge in [-0.3, -0.25) is 0 Å². The molecule has 0 saturated heterocycles. The highest BCUT2D eigenvalue weighted by molar-refractivity contribution is 6.33. The molecule has 5 N–H and O–H groups in total. The molecular formula is C39H53ClFN7O7. The van der Waals surface area contributed by atoms with Gasteiger partial charge in [0.25, 0.3) is 0 Å². The monoisotopic (exact) mass is 785 g/mol. The van der Waals surface area contributed by atoms with E-state index in [4.69, 9.17) is 56.2 Å². The van der Waals surface area contributed by atoms with Crippen molar-refractivity contribution in [1.82, 2.24) is 14.6 Å². The SMILES string of the molecule is COCCOCCOCCOCCOCCOCCOc1cc(C)c(-c2cc3c(N[C@H]4CC[C@H](N)CC4)c(/C(N)=N/c4cc(F)ccc4Cl)cnn3c2)cn1. The zero-order chi connectivity index (χ0) is 38.8. The number of methoxy groups -OCH3 is 1. The van der Waals surface area contributed by atoms with Crippen LogP contribution in [0.25, 0.3) is 16.6 Å². The van der Waals surface area contributed by atoms with Crippen LogP contribution in [-0.2, 0) is 28.4 Å². The number of hydrogen-bond donors (Lipinski definition) is 3. The fraction of sp³-hybridized carbons (Fsp3) is 0.513. The fourth-order valence-corrected chi connectivity index (χ4v) is 6.18. The van der Waals surface area contributed by atoms with E-state index < -0.39 is 5.82 Å². The number of hydrogen-bond acceptors (Lipinski definition) is 12. The van der Waals surface area contributed by atoms with Crippen LogP contribution in [0.5, 0.6) is 5.88 Å². The molecule has 1 aromatic carbocycles. The van der Waals surface area contributed by atoms with Crippen LogP contribution in [0.15, 0.2) is 53.9 Å². The number of anilines is 1. The summed E-state index contributed by atoms with van der Waals surface area (Å²) in [5, 5.41) is 8.65. The number of nitrogens with one attached hydrogen (secondary N) is 1. The largest absolute Gasteiger partial charge is 0.475 e. The van der Waals surface area contributed by atoms with Crippen molar-refractivity contribution in [3.63, 3.8) is 0 Å². The Labute approximate surface area is 326 Å². The van der Waals surface area contributed by atoms with E-state index in [1.807, 2.05) is 25.3 Å². The van der Waals surface area contributed by atoms with E-state index >= 15 is 0 Å². The first-order chi connectivity index (χ1) is 26.8. The Morgan fingerprint density at radius 2 is 1.49 bits per heavy atom. The average molecular weight is 786 g/mol. The summed E-state index contributed by atoms with van der Waals surface area (Å²) in [6.07, 6.45) is 9.07. The highest BCUT2D eigenvalue weighted by atomic mass is 35.5. The molecule has 0 aliphatic heterocycles. The summed E-state index contributed by atoms with van der Waals surface area (Å²) in [6, 6.07) is 8.31. The van der Waals surface area contributed by atoms with Gasteiger partial charge in [-0.05, 0) is 56.4 Å². The van der Waals surface area contributed by atoms with E-state index in [2.05, 4.69) is 20.4 Å². The lowest BCUT2D eigenvalue weighted by molar-refractivity contribution is -0.0159. The first-order valence-corrected chi connectivity index (χ1v) is 19.0. The second-order valence-corrected chi connectivity index (χ2v) is 13.5. The minimum absolute atomic E-state index is 0.162. The van der Waals surface area contributed by atoms with Crippen LogP contribution in [0, 0.1) is 12.7 Å². The molecule has 1 saturated carbocycles. The van der Waals surface area contributed by atoms with Gasteiger partial charge < -0.3 is 49.9 Å².